The van der Waals surface area contributed by atoms with Gasteiger partial charge in [-0.15, -0.1) is 0 Å². The lowest BCUT2D eigenvalue weighted by Crippen LogP contribution is -2.44. The summed E-state index contributed by atoms with van der Waals surface area (Å²) in [5, 5.41) is 8.20. The van der Waals surface area contributed by atoms with Crippen molar-refractivity contribution in [1.29, 1.82) is 0 Å². The van der Waals surface area contributed by atoms with Crippen molar-refractivity contribution in [3.8, 4) is 0 Å². The van der Waals surface area contributed by atoms with Crippen molar-refractivity contribution in [3.63, 3.8) is 0 Å². The van der Waals surface area contributed by atoms with Crippen LogP contribution in [0, 0.1) is 0 Å². The minimum Gasteiger partial charge on any atom is -0.351 e. The average Bonchev–Trinajstić information content (AvgIpc) is 2.54. The molecule has 0 fully saturated rings. The van der Waals surface area contributed by atoms with Gasteiger partial charge in [-0.1, -0.05) is 48.0 Å². The molecule has 0 radical (unpaired) electrons. The summed E-state index contributed by atoms with van der Waals surface area (Å²) in [4.78, 5) is 0. The highest BCUT2D eigenvalue weighted by Gasteiger charge is 2.30. The van der Waals surface area contributed by atoms with Crippen LogP contribution in [0.3, 0.4) is 0 Å². The Labute approximate surface area is 140 Å². The maximum atomic E-state index is 6.03. The van der Waals surface area contributed by atoms with Gasteiger partial charge in [-0.2, -0.15) is 0 Å². The maximum absolute atomic E-state index is 6.03. The average molecular weight is 327 g/mol. The molecule has 0 aromatic heterocycles. The van der Waals surface area contributed by atoms with Gasteiger partial charge in [0.2, 0.25) is 0 Å². The maximum Gasteiger partial charge on any atom is 0.171 e. The number of allylic oxidation sites excluding steroid dienone is 1. The third-order valence-electron chi connectivity index (χ3n) is 4.31. The van der Waals surface area contributed by atoms with E-state index in [1.54, 1.807) is 0 Å². The van der Waals surface area contributed by atoms with Crippen molar-refractivity contribution in [2.24, 2.45) is 0 Å². The molecule has 0 bridgehead atoms. The minimum atomic E-state index is 0.0717. The van der Waals surface area contributed by atoms with Crippen molar-refractivity contribution in [2.75, 3.05) is 0 Å². The van der Waals surface area contributed by atoms with E-state index in [1.807, 2.05) is 12.1 Å². The topological polar surface area (TPSA) is 24.1 Å². The molecule has 0 saturated heterocycles. The lowest BCUT2D eigenvalue weighted by Gasteiger charge is -2.36. The predicted molar refractivity (Wildman–Crippen MR) is 94.7 cm³/mol. The molecule has 1 atom stereocenters. The van der Waals surface area contributed by atoms with Gasteiger partial charge in [-0.25, -0.2) is 0 Å². The van der Waals surface area contributed by atoms with Crippen molar-refractivity contribution in [1.82, 2.24) is 10.6 Å². The zero-order valence-electron chi connectivity index (χ0n) is 11.9. The van der Waals surface area contributed by atoms with Crippen LogP contribution in [0.1, 0.15) is 29.2 Å². The second-order valence-corrected chi connectivity index (χ2v) is 6.48. The minimum absolute atomic E-state index is 0.0717. The van der Waals surface area contributed by atoms with Crippen LogP contribution in [0.25, 0.3) is 5.57 Å². The Morgan fingerprint density at radius 3 is 2.59 bits per heavy atom. The first-order valence-corrected chi connectivity index (χ1v) is 8.15. The molecule has 0 saturated carbocycles. The summed E-state index contributed by atoms with van der Waals surface area (Å²) in [7, 11) is 0. The van der Waals surface area contributed by atoms with Crippen molar-refractivity contribution in [3.05, 3.63) is 75.9 Å². The van der Waals surface area contributed by atoms with Gasteiger partial charge in [0.05, 0.1) is 6.04 Å². The Morgan fingerprint density at radius 2 is 1.77 bits per heavy atom. The molecule has 22 heavy (non-hydrogen) atoms. The smallest absolute Gasteiger partial charge is 0.171 e. The van der Waals surface area contributed by atoms with E-state index in [4.69, 9.17) is 23.8 Å². The van der Waals surface area contributed by atoms with Crippen LogP contribution in [0.15, 0.2) is 54.2 Å². The second kappa shape index (κ2) is 5.41. The molecule has 2 aliphatic rings. The number of halogens is 1. The van der Waals surface area contributed by atoms with Crippen LogP contribution >= 0.6 is 23.8 Å². The quantitative estimate of drug-likeness (QED) is 0.767. The first-order chi connectivity index (χ1) is 10.7. The number of rotatable bonds is 1. The number of aryl methyl sites for hydroxylation is 1. The van der Waals surface area contributed by atoms with Gasteiger partial charge >= 0.3 is 0 Å². The number of hydrogen-bond acceptors (Lipinski definition) is 1. The van der Waals surface area contributed by atoms with Crippen molar-refractivity contribution < 1.29 is 0 Å². The number of hydrogen-bond donors (Lipinski definition) is 2. The van der Waals surface area contributed by atoms with E-state index in [2.05, 4.69) is 47.0 Å². The van der Waals surface area contributed by atoms with Gasteiger partial charge in [0.15, 0.2) is 5.11 Å². The molecule has 4 heteroatoms. The molecule has 4 rings (SSSR count). The van der Waals surface area contributed by atoms with Crippen LogP contribution in [0.4, 0.5) is 0 Å². The largest absolute Gasteiger partial charge is 0.351 e. The highest BCUT2D eigenvalue weighted by Crippen LogP contribution is 2.40. The van der Waals surface area contributed by atoms with E-state index in [9.17, 15) is 0 Å². The fourth-order valence-electron chi connectivity index (χ4n) is 3.30. The molecule has 0 amide bonds. The van der Waals surface area contributed by atoms with E-state index < -0.39 is 0 Å². The van der Waals surface area contributed by atoms with Gasteiger partial charge in [-0.3, -0.25) is 0 Å². The second-order valence-electron chi connectivity index (χ2n) is 5.63. The molecule has 1 heterocycles. The van der Waals surface area contributed by atoms with Crippen LogP contribution in [-0.4, -0.2) is 5.11 Å². The summed E-state index contributed by atoms with van der Waals surface area (Å²) in [5.74, 6) is 0. The molecule has 0 spiro atoms. The van der Waals surface area contributed by atoms with Crippen LogP contribution < -0.4 is 10.6 Å². The fraction of sp³-hybridized carbons (Fsp3) is 0.167. The van der Waals surface area contributed by atoms with Gasteiger partial charge in [-0.05, 0) is 53.9 Å². The van der Waals surface area contributed by atoms with E-state index in [0.717, 1.165) is 17.9 Å². The molecule has 1 aliphatic carbocycles. The number of nitrogens with one attached hydrogen (secondary N) is 2. The summed E-state index contributed by atoms with van der Waals surface area (Å²) in [6.07, 6.45) is 2.05. The SMILES string of the molecule is S=C1NC2=C(c3ccccc3CC2)C(c2ccc(Cl)cc2)N1. The molecule has 2 nitrogen and oxygen atoms in total. The van der Waals surface area contributed by atoms with Gasteiger partial charge < -0.3 is 10.6 Å². The summed E-state index contributed by atoms with van der Waals surface area (Å²) in [6, 6.07) is 16.7. The molecule has 110 valence electrons. The van der Waals surface area contributed by atoms with Gasteiger partial charge in [0.1, 0.15) is 0 Å². The van der Waals surface area contributed by atoms with E-state index in [-0.39, 0.29) is 6.04 Å². The van der Waals surface area contributed by atoms with Crippen molar-refractivity contribution >= 4 is 34.5 Å². The lowest BCUT2D eigenvalue weighted by atomic mass is 9.82. The Morgan fingerprint density at radius 1 is 1.00 bits per heavy atom. The van der Waals surface area contributed by atoms with Gasteiger partial charge in [0.25, 0.3) is 0 Å². The first-order valence-electron chi connectivity index (χ1n) is 7.36. The van der Waals surface area contributed by atoms with Gasteiger partial charge in [0, 0.05) is 16.3 Å². The predicted octanol–water partition coefficient (Wildman–Crippen LogP) is 4.22. The molecule has 2 aromatic rings. The van der Waals surface area contributed by atoms with Crippen molar-refractivity contribution in [2.45, 2.75) is 18.9 Å². The standard InChI is InChI=1S/C18H15ClN2S/c19-13-8-5-12(6-9-13)17-16-14-4-2-1-3-11(14)7-10-15(16)20-18(22)21-17/h1-6,8-9,17H,7,10H2,(H2,20,21,22). The zero-order valence-corrected chi connectivity index (χ0v) is 13.5. The first kappa shape index (κ1) is 13.8. The third kappa shape index (κ3) is 2.31. The number of fused-ring (bicyclic) bond motifs is 2. The fourth-order valence-corrected chi connectivity index (χ4v) is 3.67. The van der Waals surface area contributed by atoms with Crippen LogP contribution in [0.5, 0.6) is 0 Å². The molecular weight excluding hydrogens is 312 g/mol. The number of thiocarbonyl (C=S) groups is 1. The summed E-state index contributed by atoms with van der Waals surface area (Å²) in [5.41, 5.74) is 6.43. The number of benzene rings is 2. The Bertz CT molecular complexity index is 780. The Kier molecular flexibility index (Phi) is 3.40. The normalized spacial score (nSPS) is 19.9. The van der Waals surface area contributed by atoms with Crippen LogP contribution in [0.2, 0.25) is 5.02 Å². The monoisotopic (exact) mass is 326 g/mol. The third-order valence-corrected chi connectivity index (χ3v) is 4.78. The van der Waals surface area contributed by atoms with E-state index in [0.29, 0.717) is 5.11 Å². The van der Waals surface area contributed by atoms with Crippen LogP contribution in [-0.2, 0) is 6.42 Å². The van der Waals surface area contributed by atoms with E-state index >= 15 is 0 Å². The Balaban J connectivity index is 1.87. The Hall–Kier alpha value is -1.84. The molecule has 1 unspecified atom stereocenters. The zero-order chi connectivity index (χ0) is 15.1. The van der Waals surface area contributed by atoms with E-state index in [1.165, 1.54) is 28.0 Å². The highest BCUT2D eigenvalue weighted by molar-refractivity contribution is 7.80. The molecule has 2 aromatic carbocycles. The summed E-state index contributed by atoms with van der Waals surface area (Å²) < 4.78 is 0. The summed E-state index contributed by atoms with van der Waals surface area (Å²) in [6.45, 7) is 0. The lowest BCUT2D eigenvalue weighted by molar-refractivity contribution is 0.718. The molecule has 1 aliphatic heterocycles. The highest BCUT2D eigenvalue weighted by atomic mass is 35.5. The molecule has 2 N–H and O–H groups in total. The summed E-state index contributed by atoms with van der Waals surface area (Å²) >= 11 is 11.4. The molecular formula is C18H15ClN2S.